The van der Waals surface area contributed by atoms with Gasteiger partial charge in [0, 0.05) is 13.0 Å². The molecule has 0 bridgehead atoms. The third-order valence-corrected chi connectivity index (χ3v) is 2.55. The van der Waals surface area contributed by atoms with Crippen molar-refractivity contribution in [1.82, 2.24) is 0 Å². The fraction of sp³-hybridized carbons (Fsp3) is 1.00. The second-order valence-electron chi connectivity index (χ2n) is 4.31. The molecule has 0 saturated carbocycles. The quantitative estimate of drug-likeness (QED) is 0.444. The Morgan fingerprint density at radius 3 is 1.80 bits per heavy atom. The van der Waals surface area contributed by atoms with Gasteiger partial charge in [-0.3, -0.25) is 0 Å². The summed E-state index contributed by atoms with van der Waals surface area (Å²) in [6, 6.07) is 0. The van der Waals surface area contributed by atoms with Crippen LogP contribution in [0.2, 0.25) is 0 Å². The van der Waals surface area contributed by atoms with Gasteiger partial charge in [-0.2, -0.15) is 22.0 Å². The summed E-state index contributed by atoms with van der Waals surface area (Å²) in [5.41, 5.74) is 0. The van der Waals surface area contributed by atoms with Crippen LogP contribution in [0, 0.1) is 0 Å². The number of alkyl halides is 5. The van der Waals surface area contributed by atoms with Crippen molar-refractivity contribution in [3.05, 3.63) is 0 Å². The maximum absolute atomic E-state index is 12.5. The van der Waals surface area contributed by atoms with Crippen LogP contribution in [0.4, 0.5) is 22.0 Å². The minimum atomic E-state index is -5.45. The van der Waals surface area contributed by atoms with Crippen molar-refractivity contribution in [1.29, 1.82) is 0 Å². The molecule has 0 amide bonds. The molecular weight excluding hydrogens is 287 g/mol. The van der Waals surface area contributed by atoms with E-state index in [2.05, 4.69) is 0 Å². The predicted molar refractivity (Wildman–Crippen MR) is 62.8 cm³/mol. The molecule has 0 radical (unpaired) electrons. The zero-order chi connectivity index (χ0) is 15.5. The molecule has 0 heterocycles. The van der Waals surface area contributed by atoms with Crippen molar-refractivity contribution in [2.75, 3.05) is 33.0 Å². The summed E-state index contributed by atoms with van der Waals surface area (Å²) in [6.07, 6.45) is -5.30. The van der Waals surface area contributed by atoms with E-state index in [0.717, 1.165) is 0 Å². The van der Waals surface area contributed by atoms with Crippen molar-refractivity contribution in [3.8, 4) is 0 Å². The first-order chi connectivity index (χ1) is 9.31. The van der Waals surface area contributed by atoms with Crippen molar-refractivity contribution >= 4 is 0 Å². The molecule has 0 aromatic rings. The summed E-state index contributed by atoms with van der Waals surface area (Å²) in [6.45, 7) is 1.34. The molecule has 0 saturated heterocycles. The molecule has 20 heavy (non-hydrogen) atoms. The highest BCUT2D eigenvalue weighted by molar-refractivity contribution is 4.75. The van der Waals surface area contributed by atoms with E-state index in [4.69, 9.17) is 14.6 Å². The predicted octanol–water partition coefficient (Wildman–Crippen LogP) is 3.16. The van der Waals surface area contributed by atoms with Gasteiger partial charge in [0.1, 0.15) is 0 Å². The molecule has 0 spiro atoms. The van der Waals surface area contributed by atoms with Gasteiger partial charge in [-0.25, -0.2) is 0 Å². The average Bonchev–Trinajstić information content (AvgIpc) is 2.34. The van der Waals surface area contributed by atoms with Crippen molar-refractivity contribution < 1.29 is 36.5 Å². The third-order valence-electron chi connectivity index (χ3n) is 2.55. The second-order valence-corrected chi connectivity index (χ2v) is 4.31. The summed E-state index contributed by atoms with van der Waals surface area (Å²) < 4.78 is 70.7. The Bertz CT molecular complexity index is 234. The lowest BCUT2D eigenvalue weighted by Gasteiger charge is -2.19. The molecule has 3 nitrogen and oxygen atoms in total. The van der Waals surface area contributed by atoms with Crippen LogP contribution >= 0.6 is 0 Å². The van der Waals surface area contributed by atoms with E-state index in [-0.39, 0.29) is 19.6 Å². The molecule has 0 aliphatic heterocycles. The highest BCUT2D eigenvalue weighted by Gasteiger charge is 2.56. The lowest BCUT2D eigenvalue weighted by Crippen LogP contribution is -2.36. The maximum Gasteiger partial charge on any atom is 0.453 e. The first-order valence-electron chi connectivity index (χ1n) is 6.52. The van der Waals surface area contributed by atoms with Gasteiger partial charge in [0.25, 0.3) is 0 Å². The normalized spacial score (nSPS) is 12.9. The van der Waals surface area contributed by atoms with E-state index in [9.17, 15) is 22.0 Å². The number of halogens is 5. The number of ether oxygens (including phenoxy) is 2. The van der Waals surface area contributed by atoms with Crippen LogP contribution in [0.3, 0.4) is 0 Å². The molecule has 0 fully saturated rings. The van der Waals surface area contributed by atoms with Gasteiger partial charge in [0.15, 0.2) is 0 Å². The molecule has 0 aliphatic rings. The summed E-state index contributed by atoms with van der Waals surface area (Å²) in [5.74, 6) is -4.59. The van der Waals surface area contributed by atoms with E-state index in [1.807, 2.05) is 0 Å². The number of aliphatic hydroxyl groups excluding tert-OH is 1. The molecule has 122 valence electrons. The van der Waals surface area contributed by atoms with Crippen LogP contribution in [0.5, 0.6) is 0 Å². The van der Waals surface area contributed by atoms with Gasteiger partial charge in [0.2, 0.25) is 0 Å². The Balaban J connectivity index is 3.33. The highest BCUT2D eigenvalue weighted by Crippen LogP contribution is 2.39. The van der Waals surface area contributed by atoms with E-state index in [1.54, 1.807) is 0 Å². The SMILES string of the molecule is OCCOCCOCCCCCCC(F)(F)C(F)(F)F. The molecule has 0 atom stereocenters. The topological polar surface area (TPSA) is 38.7 Å². The van der Waals surface area contributed by atoms with Crippen LogP contribution in [-0.2, 0) is 9.47 Å². The fourth-order valence-electron chi connectivity index (χ4n) is 1.43. The van der Waals surface area contributed by atoms with Gasteiger partial charge >= 0.3 is 12.1 Å². The van der Waals surface area contributed by atoms with E-state index < -0.39 is 18.5 Å². The number of unbranched alkanes of at least 4 members (excludes halogenated alkanes) is 3. The second kappa shape index (κ2) is 10.3. The van der Waals surface area contributed by atoms with Crippen molar-refractivity contribution in [2.45, 2.75) is 44.2 Å². The first-order valence-corrected chi connectivity index (χ1v) is 6.52. The van der Waals surface area contributed by atoms with E-state index in [1.165, 1.54) is 0 Å². The Hall–Kier alpha value is -0.470. The molecule has 8 heteroatoms. The van der Waals surface area contributed by atoms with Gasteiger partial charge in [0.05, 0.1) is 26.4 Å². The lowest BCUT2D eigenvalue weighted by molar-refractivity contribution is -0.284. The van der Waals surface area contributed by atoms with Crippen molar-refractivity contribution in [3.63, 3.8) is 0 Å². The molecule has 0 rings (SSSR count). The largest absolute Gasteiger partial charge is 0.453 e. The first kappa shape index (κ1) is 19.5. The van der Waals surface area contributed by atoms with Gasteiger partial charge in [-0.05, 0) is 12.8 Å². The monoisotopic (exact) mass is 308 g/mol. The zero-order valence-corrected chi connectivity index (χ0v) is 11.2. The molecule has 0 aliphatic carbocycles. The number of aliphatic hydroxyl groups is 1. The molecular formula is C12H21F5O3. The molecule has 0 aromatic heterocycles. The van der Waals surface area contributed by atoms with Crippen LogP contribution in [-0.4, -0.2) is 50.2 Å². The lowest BCUT2D eigenvalue weighted by atomic mass is 10.1. The van der Waals surface area contributed by atoms with Crippen LogP contribution < -0.4 is 0 Å². The van der Waals surface area contributed by atoms with Gasteiger partial charge in [-0.1, -0.05) is 12.8 Å². The third kappa shape index (κ3) is 9.44. The van der Waals surface area contributed by atoms with Crippen LogP contribution in [0.1, 0.15) is 32.1 Å². The number of hydrogen-bond donors (Lipinski definition) is 1. The summed E-state index contributed by atoms with van der Waals surface area (Å²) in [5, 5.41) is 8.41. The highest BCUT2D eigenvalue weighted by atomic mass is 19.4. The fourth-order valence-corrected chi connectivity index (χ4v) is 1.43. The number of rotatable bonds is 12. The maximum atomic E-state index is 12.5. The smallest absolute Gasteiger partial charge is 0.394 e. The minimum absolute atomic E-state index is 0.0530. The van der Waals surface area contributed by atoms with E-state index >= 15 is 0 Å². The zero-order valence-electron chi connectivity index (χ0n) is 11.2. The Morgan fingerprint density at radius 2 is 1.25 bits per heavy atom. The Morgan fingerprint density at radius 1 is 0.700 bits per heavy atom. The van der Waals surface area contributed by atoms with E-state index in [0.29, 0.717) is 39.1 Å². The van der Waals surface area contributed by atoms with Gasteiger partial charge < -0.3 is 14.6 Å². The van der Waals surface area contributed by atoms with Crippen LogP contribution in [0.15, 0.2) is 0 Å². The summed E-state index contributed by atoms with van der Waals surface area (Å²) >= 11 is 0. The van der Waals surface area contributed by atoms with Gasteiger partial charge in [-0.15, -0.1) is 0 Å². The Kier molecular flexibility index (Phi) is 10.0. The molecule has 1 N–H and O–H groups in total. The Labute approximate surface area is 115 Å². The van der Waals surface area contributed by atoms with Crippen LogP contribution in [0.25, 0.3) is 0 Å². The average molecular weight is 308 g/mol. The van der Waals surface area contributed by atoms with Crippen molar-refractivity contribution in [2.24, 2.45) is 0 Å². The molecule has 0 aromatic carbocycles. The molecule has 0 unspecified atom stereocenters. The minimum Gasteiger partial charge on any atom is -0.394 e. The summed E-state index contributed by atoms with van der Waals surface area (Å²) in [7, 11) is 0. The standard InChI is InChI=1S/C12H21F5O3/c13-11(14,12(15,16)17)5-3-1-2-4-7-19-9-10-20-8-6-18/h18H,1-10H2. The summed E-state index contributed by atoms with van der Waals surface area (Å²) in [4.78, 5) is 0. The number of hydrogen-bond acceptors (Lipinski definition) is 3.